The average molecular weight is 386 g/mol. The van der Waals surface area contributed by atoms with E-state index in [9.17, 15) is 0 Å². The molecular weight excluding hydrogens is 358 g/mol. The van der Waals surface area contributed by atoms with Crippen LogP contribution in [0.3, 0.4) is 0 Å². The van der Waals surface area contributed by atoms with Gasteiger partial charge in [0.25, 0.3) is 0 Å². The van der Waals surface area contributed by atoms with Gasteiger partial charge < -0.3 is 4.74 Å². The van der Waals surface area contributed by atoms with Crippen molar-refractivity contribution in [2.45, 2.75) is 13.0 Å². The standard InChI is InChI=1S/C22H27NOS2/c1-17-9-11-18(12-10-17)20(22(25-2)26-3)21(19-7-5-4-6-8-19)23-13-15-24-16-14-23/h4-12,21H,13-16H2,1-3H3. The lowest BCUT2D eigenvalue weighted by atomic mass is 9.92. The maximum atomic E-state index is 5.63. The molecular formula is C22H27NOS2. The normalized spacial score (nSPS) is 16.3. The maximum Gasteiger partial charge on any atom is 0.0625 e. The van der Waals surface area contributed by atoms with Crippen molar-refractivity contribution in [2.24, 2.45) is 0 Å². The van der Waals surface area contributed by atoms with Gasteiger partial charge in [0.05, 0.1) is 19.3 Å². The molecule has 1 unspecified atom stereocenters. The molecule has 0 bridgehead atoms. The molecule has 1 atom stereocenters. The summed E-state index contributed by atoms with van der Waals surface area (Å²) in [6.45, 7) is 5.68. The number of hydrogen-bond acceptors (Lipinski definition) is 4. The topological polar surface area (TPSA) is 12.5 Å². The molecule has 3 rings (SSSR count). The SMILES string of the molecule is CSC(SC)=C(c1ccc(C)cc1)C(c1ccccc1)N1CCOCC1. The molecule has 0 radical (unpaired) electrons. The van der Waals surface area contributed by atoms with Crippen LogP contribution in [0.1, 0.15) is 22.7 Å². The summed E-state index contributed by atoms with van der Waals surface area (Å²) in [6, 6.07) is 20.1. The average Bonchev–Trinajstić information content (AvgIpc) is 2.70. The van der Waals surface area contributed by atoms with Gasteiger partial charge in [-0.2, -0.15) is 0 Å². The van der Waals surface area contributed by atoms with Crippen molar-refractivity contribution in [3.05, 3.63) is 75.5 Å². The molecule has 2 aromatic carbocycles. The van der Waals surface area contributed by atoms with Gasteiger partial charge in [0.1, 0.15) is 0 Å². The number of nitrogens with zero attached hydrogens (tertiary/aromatic N) is 1. The van der Waals surface area contributed by atoms with Gasteiger partial charge in [-0.05, 0) is 30.6 Å². The van der Waals surface area contributed by atoms with Gasteiger partial charge in [-0.1, -0.05) is 60.2 Å². The van der Waals surface area contributed by atoms with Gasteiger partial charge in [-0.15, -0.1) is 23.5 Å². The van der Waals surface area contributed by atoms with Crippen molar-refractivity contribution in [1.29, 1.82) is 0 Å². The molecule has 1 saturated heterocycles. The molecule has 4 heteroatoms. The quantitative estimate of drug-likeness (QED) is 0.654. The molecule has 2 nitrogen and oxygen atoms in total. The van der Waals surface area contributed by atoms with E-state index in [2.05, 4.69) is 78.9 Å². The Labute approximate surface area is 166 Å². The molecule has 0 aliphatic carbocycles. The summed E-state index contributed by atoms with van der Waals surface area (Å²) < 4.78 is 7.02. The Morgan fingerprint density at radius 2 is 1.54 bits per heavy atom. The highest BCUT2D eigenvalue weighted by atomic mass is 32.2. The number of morpholine rings is 1. The molecule has 138 valence electrons. The molecule has 0 saturated carbocycles. The minimum Gasteiger partial charge on any atom is -0.379 e. The Morgan fingerprint density at radius 3 is 2.12 bits per heavy atom. The van der Waals surface area contributed by atoms with E-state index < -0.39 is 0 Å². The van der Waals surface area contributed by atoms with Gasteiger partial charge in [-0.3, -0.25) is 4.90 Å². The molecule has 1 fully saturated rings. The minimum absolute atomic E-state index is 0.248. The lowest BCUT2D eigenvalue weighted by Gasteiger charge is -2.37. The van der Waals surface area contributed by atoms with Crippen LogP contribution in [0, 0.1) is 6.92 Å². The second-order valence-electron chi connectivity index (χ2n) is 6.44. The first-order chi connectivity index (χ1) is 12.7. The molecule has 0 aromatic heterocycles. The second kappa shape index (κ2) is 9.65. The number of hydrogen-bond donors (Lipinski definition) is 0. The smallest absolute Gasteiger partial charge is 0.0625 e. The fourth-order valence-corrected chi connectivity index (χ4v) is 5.02. The van der Waals surface area contributed by atoms with Crippen molar-refractivity contribution in [3.8, 4) is 0 Å². The highest BCUT2D eigenvalue weighted by Gasteiger charge is 2.29. The lowest BCUT2D eigenvalue weighted by molar-refractivity contribution is 0.0271. The van der Waals surface area contributed by atoms with Crippen LogP contribution < -0.4 is 0 Å². The predicted molar refractivity (Wildman–Crippen MR) is 117 cm³/mol. The van der Waals surface area contributed by atoms with Gasteiger partial charge in [0.2, 0.25) is 0 Å². The van der Waals surface area contributed by atoms with E-state index >= 15 is 0 Å². The van der Waals surface area contributed by atoms with Crippen LogP contribution in [0.15, 0.2) is 58.8 Å². The third-order valence-electron chi connectivity index (χ3n) is 4.75. The van der Waals surface area contributed by atoms with Crippen LogP contribution >= 0.6 is 23.5 Å². The lowest BCUT2D eigenvalue weighted by Crippen LogP contribution is -2.39. The zero-order chi connectivity index (χ0) is 18.4. The number of thioether (sulfide) groups is 2. The van der Waals surface area contributed by atoms with E-state index in [0.717, 1.165) is 26.3 Å². The molecule has 0 amide bonds. The van der Waals surface area contributed by atoms with E-state index in [4.69, 9.17) is 4.74 Å². The van der Waals surface area contributed by atoms with Crippen molar-refractivity contribution in [1.82, 2.24) is 4.90 Å². The Kier molecular flexibility index (Phi) is 7.26. The minimum atomic E-state index is 0.248. The molecule has 2 aromatic rings. The van der Waals surface area contributed by atoms with E-state index in [1.165, 1.54) is 26.5 Å². The molecule has 26 heavy (non-hydrogen) atoms. The summed E-state index contributed by atoms with van der Waals surface area (Å²) in [5.74, 6) is 0. The molecule has 1 aliphatic rings. The highest BCUT2D eigenvalue weighted by molar-refractivity contribution is 8.21. The van der Waals surface area contributed by atoms with E-state index in [1.807, 2.05) is 23.5 Å². The molecule has 0 spiro atoms. The monoisotopic (exact) mass is 385 g/mol. The third-order valence-corrected chi connectivity index (χ3v) is 6.93. The zero-order valence-corrected chi connectivity index (χ0v) is 17.4. The number of aryl methyl sites for hydroxylation is 1. The molecule has 1 heterocycles. The van der Waals surface area contributed by atoms with Crippen LogP contribution in [-0.4, -0.2) is 43.7 Å². The van der Waals surface area contributed by atoms with Crippen LogP contribution in [0.4, 0.5) is 0 Å². The van der Waals surface area contributed by atoms with Crippen LogP contribution in [0.25, 0.3) is 5.57 Å². The summed E-state index contributed by atoms with van der Waals surface area (Å²) >= 11 is 3.70. The van der Waals surface area contributed by atoms with Gasteiger partial charge >= 0.3 is 0 Å². The van der Waals surface area contributed by atoms with E-state index in [0.29, 0.717) is 0 Å². The van der Waals surface area contributed by atoms with Crippen molar-refractivity contribution >= 4 is 29.1 Å². The maximum absolute atomic E-state index is 5.63. The molecule has 0 N–H and O–H groups in total. The second-order valence-corrected chi connectivity index (χ2v) is 8.33. The Morgan fingerprint density at radius 1 is 0.923 bits per heavy atom. The van der Waals surface area contributed by atoms with Crippen molar-refractivity contribution in [3.63, 3.8) is 0 Å². The van der Waals surface area contributed by atoms with Crippen LogP contribution in [-0.2, 0) is 4.74 Å². The van der Waals surface area contributed by atoms with E-state index in [-0.39, 0.29) is 6.04 Å². The molecule has 1 aliphatic heterocycles. The predicted octanol–water partition coefficient (Wildman–Crippen LogP) is 5.46. The highest BCUT2D eigenvalue weighted by Crippen LogP contribution is 2.43. The van der Waals surface area contributed by atoms with Gasteiger partial charge in [-0.25, -0.2) is 0 Å². The Bertz CT molecular complexity index is 716. The van der Waals surface area contributed by atoms with Crippen LogP contribution in [0.2, 0.25) is 0 Å². The van der Waals surface area contributed by atoms with Crippen LogP contribution in [0.5, 0.6) is 0 Å². The summed E-state index contributed by atoms with van der Waals surface area (Å²) in [5.41, 5.74) is 5.38. The fraction of sp³-hybridized carbons (Fsp3) is 0.364. The summed E-state index contributed by atoms with van der Waals surface area (Å²) in [6.07, 6.45) is 4.36. The first kappa shape index (κ1) is 19.6. The van der Waals surface area contributed by atoms with Crippen molar-refractivity contribution in [2.75, 3.05) is 38.8 Å². The van der Waals surface area contributed by atoms with E-state index in [1.54, 1.807) is 0 Å². The van der Waals surface area contributed by atoms with Gasteiger partial charge in [0, 0.05) is 22.9 Å². The fourth-order valence-electron chi connectivity index (χ4n) is 3.45. The first-order valence-corrected chi connectivity index (χ1v) is 11.5. The largest absolute Gasteiger partial charge is 0.379 e. The Balaban J connectivity index is 2.15. The summed E-state index contributed by atoms with van der Waals surface area (Å²) in [4.78, 5) is 2.57. The third kappa shape index (κ3) is 4.55. The number of benzene rings is 2. The Hall–Kier alpha value is -1.20. The number of rotatable bonds is 6. The number of ether oxygens (including phenoxy) is 1. The van der Waals surface area contributed by atoms with Gasteiger partial charge in [0.15, 0.2) is 0 Å². The van der Waals surface area contributed by atoms with Crippen molar-refractivity contribution < 1.29 is 4.74 Å². The summed E-state index contributed by atoms with van der Waals surface area (Å²) in [5, 5.41) is 0. The summed E-state index contributed by atoms with van der Waals surface area (Å²) in [7, 11) is 0. The zero-order valence-electron chi connectivity index (χ0n) is 15.8. The first-order valence-electron chi connectivity index (χ1n) is 9.00.